The molecule has 0 aromatic heterocycles. The number of hydrogen-bond acceptors (Lipinski definition) is 2. The molecule has 1 rings (SSSR count). The summed E-state index contributed by atoms with van der Waals surface area (Å²) in [5.74, 6) is 0.770. The van der Waals surface area contributed by atoms with Gasteiger partial charge in [0.2, 0.25) is 0 Å². The average Bonchev–Trinajstić information content (AvgIpc) is 2.15. The molecule has 0 aromatic rings. The third kappa shape index (κ3) is 2.12. The first-order valence-electron chi connectivity index (χ1n) is 3.65. The Labute approximate surface area is 56.4 Å². The predicted molar refractivity (Wildman–Crippen MR) is 37.6 cm³/mol. The highest BCUT2D eigenvalue weighted by Gasteiger charge is 2.12. The number of azo groups is 1. The summed E-state index contributed by atoms with van der Waals surface area (Å²) in [5.41, 5.74) is 0. The van der Waals surface area contributed by atoms with Gasteiger partial charge in [0, 0.05) is 0 Å². The van der Waals surface area contributed by atoms with Crippen molar-refractivity contribution in [2.45, 2.75) is 32.7 Å². The highest BCUT2D eigenvalue weighted by molar-refractivity contribution is 4.71. The van der Waals surface area contributed by atoms with Crippen LogP contribution in [-0.2, 0) is 0 Å². The van der Waals surface area contributed by atoms with E-state index in [0.717, 1.165) is 12.5 Å². The normalized spacial score (nSPS) is 25.9. The summed E-state index contributed by atoms with van der Waals surface area (Å²) in [6, 6.07) is 0.546. The van der Waals surface area contributed by atoms with Crippen molar-refractivity contribution >= 4 is 0 Å². The van der Waals surface area contributed by atoms with E-state index in [9.17, 15) is 0 Å². The van der Waals surface area contributed by atoms with Gasteiger partial charge in [-0.15, -0.1) is 0 Å². The summed E-state index contributed by atoms with van der Waals surface area (Å²) < 4.78 is 0. The fourth-order valence-electron chi connectivity index (χ4n) is 1.15. The van der Waals surface area contributed by atoms with Gasteiger partial charge in [0.05, 0.1) is 12.6 Å². The lowest BCUT2D eigenvalue weighted by molar-refractivity contribution is 0.500. The molecule has 1 aliphatic heterocycles. The molecule has 0 radical (unpaired) electrons. The molecular weight excluding hydrogens is 112 g/mol. The summed E-state index contributed by atoms with van der Waals surface area (Å²) in [7, 11) is 0. The summed E-state index contributed by atoms with van der Waals surface area (Å²) >= 11 is 0. The topological polar surface area (TPSA) is 24.7 Å². The van der Waals surface area contributed by atoms with Crippen LogP contribution in [-0.4, -0.2) is 12.6 Å². The van der Waals surface area contributed by atoms with E-state index < -0.39 is 0 Å². The third-order valence-electron chi connectivity index (χ3n) is 1.55. The summed E-state index contributed by atoms with van der Waals surface area (Å²) in [5, 5.41) is 8.04. The van der Waals surface area contributed by atoms with E-state index in [0.29, 0.717) is 6.04 Å². The van der Waals surface area contributed by atoms with Crippen LogP contribution in [0.15, 0.2) is 10.2 Å². The van der Waals surface area contributed by atoms with Gasteiger partial charge >= 0.3 is 0 Å². The lowest BCUT2D eigenvalue weighted by atomic mass is 10.0. The molecule has 0 aliphatic carbocycles. The molecule has 2 nitrogen and oxygen atoms in total. The van der Waals surface area contributed by atoms with Gasteiger partial charge in [-0.05, 0) is 18.8 Å². The Kier molecular flexibility index (Phi) is 2.20. The van der Waals surface area contributed by atoms with Crippen LogP contribution in [0.2, 0.25) is 0 Å². The van der Waals surface area contributed by atoms with Crippen LogP contribution in [0.25, 0.3) is 0 Å². The van der Waals surface area contributed by atoms with Gasteiger partial charge < -0.3 is 0 Å². The molecule has 0 aromatic carbocycles. The highest BCUT2D eigenvalue weighted by Crippen LogP contribution is 2.16. The molecule has 0 saturated heterocycles. The SMILES string of the molecule is CC(C)CC1CCN=N1. The molecule has 1 unspecified atom stereocenters. The molecule has 9 heavy (non-hydrogen) atoms. The average molecular weight is 126 g/mol. The number of nitrogens with zero attached hydrogens (tertiary/aromatic N) is 2. The van der Waals surface area contributed by atoms with E-state index in [4.69, 9.17) is 0 Å². The molecule has 1 aliphatic rings. The number of rotatable bonds is 2. The second-order valence-electron chi connectivity index (χ2n) is 3.05. The van der Waals surface area contributed by atoms with E-state index in [-0.39, 0.29) is 0 Å². The van der Waals surface area contributed by atoms with Crippen molar-refractivity contribution < 1.29 is 0 Å². The lowest BCUT2D eigenvalue weighted by Gasteiger charge is -2.06. The van der Waals surface area contributed by atoms with Gasteiger partial charge in [-0.2, -0.15) is 10.2 Å². The first kappa shape index (κ1) is 6.72. The van der Waals surface area contributed by atoms with Crippen LogP contribution in [0.5, 0.6) is 0 Å². The molecule has 0 spiro atoms. The van der Waals surface area contributed by atoms with Crippen molar-refractivity contribution in [3.05, 3.63) is 0 Å². The van der Waals surface area contributed by atoms with Gasteiger partial charge in [0.15, 0.2) is 0 Å². The zero-order chi connectivity index (χ0) is 6.69. The molecular formula is C7H14N2. The van der Waals surface area contributed by atoms with Crippen molar-refractivity contribution in [1.29, 1.82) is 0 Å². The maximum atomic E-state index is 4.10. The predicted octanol–water partition coefficient (Wildman–Crippen LogP) is 2.26. The molecule has 0 amide bonds. The highest BCUT2D eigenvalue weighted by atomic mass is 15.2. The minimum Gasteiger partial charge on any atom is -0.194 e. The van der Waals surface area contributed by atoms with E-state index in [1.165, 1.54) is 12.8 Å². The summed E-state index contributed by atoms with van der Waals surface area (Å²) in [6.07, 6.45) is 2.39. The quantitative estimate of drug-likeness (QED) is 0.542. The molecule has 1 atom stereocenters. The van der Waals surface area contributed by atoms with Crippen molar-refractivity contribution in [2.75, 3.05) is 6.54 Å². The van der Waals surface area contributed by atoms with Crippen molar-refractivity contribution in [3.8, 4) is 0 Å². The zero-order valence-electron chi connectivity index (χ0n) is 6.17. The van der Waals surface area contributed by atoms with Crippen LogP contribution in [0, 0.1) is 5.92 Å². The Bertz CT molecular complexity index is 107. The van der Waals surface area contributed by atoms with Crippen LogP contribution < -0.4 is 0 Å². The second kappa shape index (κ2) is 2.95. The maximum Gasteiger partial charge on any atom is 0.0729 e. The molecule has 0 saturated carbocycles. The fraction of sp³-hybridized carbons (Fsp3) is 1.00. The Morgan fingerprint density at radius 2 is 2.33 bits per heavy atom. The van der Waals surface area contributed by atoms with E-state index >= 15 is 0 Å². The summed E-state index contributed by atoms with van der Waals surface area (Å²) in [4.78, 5) is 0. The largest absolute Gasteiger partial charge is 0.194 e. The smallest absolute Gasteiger partial charge is 0.0729 e. The van der Waals surface area contributed by atoms with Gasteiger partial charge in [-0.1, -0.05) is 13.8 Å². The molecule has 1 heterocycles. The Morgan fingerprint density at radius 1 is 1.56 bits per heavy atom. The zero-order valence-corrected chi connectivity index (χ0v) is 6.17. The van der Waals surface area contributed by atoms with Crippen LogP contribution in [0.3, 0.4) is 0 Å². The Balaban J connectivity index is 2.20. The molecule has 0 bridgehead atoms. The van der Waals surface area contributed by atoms with E-state index in [2.05, 4.69) is 24.1 Å². The van der Waals surface area contributed by atoms with Crippen molar-refractivity contribution in [3.63, 3.8) is 0 Å². The fourth-order valence-corrected chi connectivity index (χ4v) is 1.15. The third-order valence-corrected chi connectivity index (χ3v) is 1.55. The van der Waals surface area contributed by atoms with Gasteiger partial charge in [-0.25, -0.2) is 0 Å². The molecule has 0 N–H and O–H groups in total. The van der Waals surface area contributed by atoms with Gasteiger partial charge in [0.1, 0.15) is 0 Å². The maximum absolute atomic E-state index is 4.10. The van der Waals surface area contributed by atoms with E-state index in [1.807, 2.05) is 0 Å². The first-order valence-corrected chi connectivity index (χ1v) is 3.65. The van der Waals surface area contributed by atoms with Crippen LogP contribution in [0.4, 0.5) is 0 Å². The van der Waals surface area contributed by atoms with Crippen molar-refractivity contribution in [2.24, 2.45) is 16.1 Å². The van der Waals surface area contributed by atoms with Crippen LogP contribution in [0.1, 0.15) is 26.7 Å². The monoisotopic (exact) mass is 126 g/mol. The van der Waals surface area contributed by atoms with Crippen molar-refractivity contribution in [1.82, 2.24) is 0 Å². The summed E-state index contributed by atoms with van der Waals surface area (Å²) in [6.45, 7) is 5.42. The molecule has 2 heteroatoms. The second-order valence-corrected chi connectivity index (χ2v) is 3.05. The molecule has 0 fully saturated rings. The standard InChI is InChI=1S/C7H14N2/c1-6(2)5-7-3-4-8-9-7/h6-7H,3-5H2,1-2H3. The Morgan fingerprint density at radius 3 is 2.78 bits per heavy atom. The minimum absolute atomic E-state index is 0.546. The van der Waals surface area contributed by atoms with Crippen LogP contribution >= 0.6 is 0 Å². The first-order chi connectivity index (χ1) is 4.29. The number of hydrogen-bond donors (Lipinski definition) is 0. The Hall–Kier alpha value is -0.400. The minimum atomic E-state index is 0.546. The van der Waals surface area contributed by atoms with Gasteiger partial charge in [-0.3, -0.25) is 0 Å². The molecule has 52 valence electrons. The lowest BCUT2D eigenvalue weighted by Crippen LogP contribution is -2.04. The van der Waals surface area contributed by atoms with E-state index in [1.54, 1.807) is 0 Å². The van der Waals surface area contributed by atoms with Gasteiger partial charge in [0.25, 0.3) is 0 Å².